The smallest absolute Gasteiger partial charge is 0.244 e. The molecule has 0 fully saturated rings. The number of carbonyl (C=O) groups excluding carboxylic acids is 2. The van der Waals surface area contributed by atoms with Crippen molar-refractivity contribution < 1.29 is 18.0 Å². The maximum atomic E-state index is 13.9. The fourth-order valence-electron chi connectivity index (χ4n) is 4.10. The molecule has 0 saturated heterocycles. The van der Waals surface area contributed by atoms with Crippen LogP contribution < -0.4 is 9.62 Å². The first-order chi connectivity index (χ1) is 17.6. The number of hydrogen-bond donors (Lipinski definition) is 1. The van der Waals surface area contributed by atoms with E-state index in [1.807, 2.05) is 68.4 Å². The van der Waals surface area contributed by atoms with E-state index in [1.54, 1.807) is 24.3 Å². The molecule has 3 aromatic rings. The van der Waals surface area contributed by atoms with Crippen molar-refractivity contribution >= 4 is 43.5 Å². The van der Waals surface area contributed by atoms with Crippen LogP contribution in [0.3, 0.4) is 0 Å². The molecule has 0 bridgehead atoms. The predicted octanol–water partition coefficient (Wildman–Crippen LogP) is 4.30. The summed E-state index contributed by atoms with van der Waals surface area (Å²) in [5.41, 5.74) is 3.13. The number of rotatable bonds is 11. The number of nitrogens with zero attached hydrogens (tertiary/aromatic N) is 2. The van der Waals surface area contributed by atoms with Gasteiger partial charge < -0.3 is 10.2 Å². The fourth-order valence-corrected chi connectivity index (χ4v) is 5.33. The van der Waals surface area contributed by atoms with E-state index in [0.29, 0.717) is 23.1 Å². The summed E-state index contributed by atoms with van der Waals surface area (Å²) < 4.78 is 27.3. The molecule has 37 heavy (non-hydrogen) atoms. The summed E-state index contributed by atoms with van der Waals surface area (Å²) >= 11 is 3.37. The number of sulfonamides is 1. The Kier molecular flexibility index (Phi) is 9.88. The summed E-state index contributed by atoms with van der Waals surface area (Å²) in [4.78, 5) is 28.7. The molecule has 1 N–H and O–H groups in total. The standard InChI is InChI=1S/C28H32BrN3O4S/c1-4-30-28(34)26(17-22-11-6-5-7-12-22)31(19-23-13-8-10-21(2)16-23)27(33)20-32(37(3,35)36)25-15-9-14-24(29)18-25/h5-16,18,26H,4,17,19-20H2,1-3H3,(H,30,34). The molecule has 0 radical (unpaired) electrons. The molecular weight excluding hydrogens is 554 g/mol. The van der Waals surface area contributed by atoms with Gasteiger partial charge in [-0.2, -0.15) is 0 Å². The van der Waals surface area contributed by atoms with Crippen molar-refractivity contribution in [2.45, 2.75) is 32.9 Å². The Morgan fingerprint density at radius 3 is 2.24 bits per heavy atom. The van der Waals surface area contributed by atoms with Crippen LogP contribution in [-0.4, -0.2) is 50.5 Å². The molecule has 0 saturated carbocycles. The lowest BCUT2D eigenvalue weighted by Gasteiger charge is -2.33. The number of nitrogens with one attached hydrogen (secondary N) is 1. The molecule has 1 unspecified atom stereocenters. The Balaban J connectivity index is 2.04. The van der Waals surface area contributed by atoms with E-state index in [-0.39, 0.29) is 12.5 Å². The first-order valence-electron chi connectivity index (χ1n) is 12.0. The monoisotopic (exact) mass is 585 g/mol. The lowest BCUT2D eigenvalue weighted by molar-refractivity contribution is -0.140. The Hall–Kier alpha value is -3.17. The highest BCUT2D eigenvalue weighted by atomic mass is 79.9. The average Bonchev–Trinajstić information content (AvgIpc) is 2.84. The molecule has 7 nitrogen and oxygen atoms in total. The van der Waals surface area contributed by atoms with E-state index in [2.05, 4.69) is 21.2 Å². The van der Waals surface area contributed by atoms with E-state index < -0.39 is 28.5 Å². The van der Waals surface area contributed by atoms with Gasteiger partial charge in [0, 0.05) is 24.0 Å². The van der Waals surface area contributed by atoms with Crippen LogP contribution in [0.4, 0.5) is 5.69 Å². The minimum Gasteiger partial charge on any atom is -0.355 e. The van der Waals surface area contributed by atoms with Gasteiger partial charge in [0.1, 0.15) is 12.6 Å². The first-order valence-corrected chi connectivity index (χ1v) is 14.6. The van der Waals surface area contributed by atoms with Crippen LogP contribution in [0.2, 0.25) is 0 Å². The van der Waals surface area contributed by atoms with Crippen molar-refractivity contribution in [1.29, 1.82) is 0 Å². The third kappa shape index (κ3) is 8.16. The highest BCUT2D eigenvalue weighted by Crippen LogP contribution is 2.23. The zero-order valence-corrected chi connectivity index (χ0v) is 23.6. The highest BCUT2D eigenvalue weighted by Gasteiger charge is 2.32. The van der Waals surface area contributed by atoms with Crippen LogP contribution in [0, 0.1) is 6.92 Å². The molecule has 3 aromatic carbocycles. The molecule has 0 heterocycles. The molecule has 3 rings (SSSR count). The van der Waals surface area contributed by atoms with Gasteiger partial charge >= 0.3 is 0 Å². The van der Waals surface area contributed by atoms with Gasteiger partial charge in [0.25, 0.3) is 0 Å². The number of benzene rings is 3. The van der Waals surface area contributed by atoms with E-state index in [4.69, 9.17) is 0 Å². The summed E-state index contributed by atoms with van der Waals surface area (Å²) in [6.07, 6.45) is 1.36. The summed E-state index contributed by atoms with van der Waals surface area (Å²) in [5.74, 6) is -0.764. The number of halogens is 1. The van der Waals surface area contributed by atoms with Gasteiger partial charge in [0.05, 0.1) is 11.9 Å². The van der Waals surface area contributed by atoms with Crippen molar-refractivity contribution in [3.8, 4) is 0 Å². The number of carbonyl (C=O) groups is 2. The summed E-state index contributed by atoms with van der Waals surface area (Å²) in [6.45, 7) is 3.91. The van der Waals surface area contributed by atoms with Crippen LogP contribution >= 0.6 is 15.9 Å². The molecule has 0 aliphatic rings. The van der Waals surface area contributed by atoms with E-state index in [0.717, 1.165) is 27.3 Å². The number of hydrogen-bond acceptors (Lipinski definition) is 4. The van der Waals surface area contributed by atoms with Gasteiger partial charge in [-0.25, -0.2) is 8.42 Å². The SMILES string of the molecule is CCNC(=O)C(Cc1ccccc1)N(Cc1cccc(C)c1)C(=O)CN(c1cccc(Br)c1)S(C)(=O)=O. The predicted molar refractivity (Wildman–Crippen MR) is 151 cm³/mol. The Bertz CT molecular complexity index is 1330. The van der Waals surface area contributed by atoms with Crippen LogP contribution in [0.25, 0.3) is 0 Å². The minimum absolute atomic E-state index is 0.158. The van der Waals surface area contributed by atoms with Crippen LogP contribution in [-0.2, 0) is 32.6 Å². The molecule has 0 aliphatic carbocycles. The normalized spacial score (nSPS) is 12.0. The van der Waals surface area contributed by atoms with Crippen LogP contribution in [0.5, 0.6) is 0 Å². The van der Waals surface area contributed by atoms with Gasteiger partial charge in [-0.3, -0.25) is 13.9 Å². The van der Waals surface area contributed by atoms with Gasteiger partial charge in [-0.05, 0) is 43.2 Å². The molecule has 0 aromatic heterocycles. The van der Waals surface area contributed by atoms with E-state index in [9.17, 15) is 18.0 Å². The van der Waals surface area contributed by atoms with Crippen molar-refractivity contribution in [1.82, 2.24) is 10.2 Å². The topological polar surface area (TPSA) is 86.8 Å². The second kappa shape index (κ2) is 12.9. The number of amides is 2. The van der Waals surface area contributed by atoms with Crippen molar-refractivity contribution in [2.24, 2.45) is 0 Å². The van der Waals surface area contributed by atoms with Gasteiger partial charge in [-0.1, -0.05) is 82.2 Å². The lowest BCUT2D eigenvalue weighted by Crippen LogP contribution is -2.53. The Morgan fingerprint density at radius 1 is 0.946 bits per heavy atom. The second-order valence-electron chi connectivity index (χ2n) is 8.86. The number of anilines is 1. The quantitative estimate of drug-likeness (QED) is 0.363. The lowest BCUT2D eigenvalue weighted by atomic mass is 10.0. The summed E-state index contributed by atoms with van der Waals surface area (Å²) in [7, 11) is -3.79. The van der Waals surface area contributed by atoms with Crippen molar-refractivity contribution in [2.75, 3.05) is 23.7 Å². The number of likely N-dealkylation sites (N-methyl/N-ethyl adjacent to an activating group) is 1. The zero-order valence-electron chi connectivity index (χ0n) is 21.2. The summed E-state index contributed by atoms with van der Waals surface area (Å²) in [5, 5.41) is 2.85. The molecule has 196 valence electrons. The largest absolute Gasteiger partial charge is 0.355 e. The average molecular weight is 587 g/mol. The Labute approximate surface area is 227 Å². The van der Waals surface area contributed by atoms with Crippen LogP contribution in [0.15, 0.2) is 83.3 Å². The van der Waals surface area contributed by atoms with Crippen LogP contribution in [0.1, 0.15) is 23.6 Å². The highest BCUT2D eigenvalue weighted by molar-refractivity contribution is 9.10. The zero-order chi connectivity index (χ0) is 27.0. The van der Waals surface area contributed by atoms with Crippen molar-refractivity contribution in [3.63, 3.8) is 0 Å². The first kappa shape index (κ1) is 28.4. The van der Waals surface area contributed by atoms with Gasteiger partial charge in [0.15, 0.2) is 0 Å². The van der Waals surface area contributed by atoms with Gasteiger partial charge in [0.2, 0.25) is 21.8 Å². The third-order valence-corrected chi connectivity index (χ3v) is 7.47. The molecule has 1 atom stereocenters. The van der Waals surface area contributed by atoms with E-state index >= 15 is 0 Å². The molecular formula is C28H32BrN3O4S. The third-order valence-electron chi connectivity index (χ3n) is 5.83. The maximum absolute atomic E-state index is 13.9. The molecule has 2 amide bonds. The molecule has 9 heteroatoms. The van der Waals surface area contributed by atoms with Gasteiger partial charge in [-0.15, -0.1) is 0 Å². The second-order valence-corrected chi connectivity index (χ2v) is 11.7. The van der Waals surface area contributed by atoms with Crippen molar-refractivity contribution in [3.05, 3.63) is 100 Å². The number of aryl methyl sites for hydroxylation is 1. The Morgan fingerprint density at radius 2 is 1.62 bits per heavy atom. The molecule has 0 aliphatic heterocycles. The van der Waals surface area contributed by atoms with E-state index in [1.165, 1.54) is 4.90 Å². The fraction of sp³-hybridized carbons (Fsp3) is 0.286. The maximum Gasteiger partial charge on any atom is 0.244 e. The molecule has 0 spiro atoms. The summed E-state index contributed by atoms with van der Waals surface area (Å²) in [6, 6.07) is 23.1. The minimum atomic E-state index is -3.79.